The molecule has 1 atom stereocenters. The van der Waals surface area contributed by atoms with Gasteiger partial charge < -0.3 is 4.74 Å². The summed E-state index contributed by atoms with van der Waals surface area (Å²) < 4.78 is 32.5. The molecule has 1 aromatic carbocycles. The lowest BCUT2D eigenvalue weighted by Gasteiger charge is -2.29. The Morgan fingerprint density at radius 3 is 2.84 bits per heavy atom. The highest BCUT2D eigenvalue weighted by atomic mass is 79.9. The normalized spacial score (nSPS) is 20.8. The summed E-state index contributed by atoms with van der Waals surface area (Å²) in [5.74, 6) is -5.90. The Hall–Kier alpha value is -1.30. The van der Waals surface area contributed by atoms with Crippen molar-refractivity contribution in [3.8, 4) is 0 Å². The van der Waals surface area contributed by atoms with Crippen LogP contribution in [0.2, 0.25) is 0 Å². The summed E-state index contributed by atoms with van der Waals surface area (Å²) in [5.41, 5.74) is 0.448. The van der Waals surface area contributed by atoms with Crippen molar-refractivity contribution in [2.45, 2.75) is 24.7 Å². The maximum absolute atomic E-state index is 13.7. The molecule has 0 spiro atoms. The van der Waals surface area contributed by atoms with E-state index in [0.717, 1.165) is 0 Å². The fourth-order valence-corrected chi connectivity index (χ4v) is 2.63. The van der Waals surface area contributed by atoms with E-state index in [1.54, 1.807) is 6.07 Å². The van der Waals surface area contributed by atoms with Gasteiger partial charge in [0.15, 0.2) is 0 Å². The topological polar surface area (TPSA) is 43.4 Å². The Morgan fingerprint density at radius 2 is 2.21 bits per heavy atom. The minimum absolute atomic E-state index is 0.0200. The first-order valence-electron chi connectivity index (χ1n) is 5.64. The second-order valence-electron chi connectivity index (χ2n) is 4.45. The summed E-state index contributed by atoms with van der Waals surface area (Å²) in [6, 6.07) is 4.50. The molecule has 1 aromatic rings. The number of carbonyl (C=O) groups is 2. The van der Waals surface area contributed by atoms with E-state index in [4.69, 9.17) is 0 Å². The van der Waals surface area contributed by atoms with E-state index < -0.39 is 30.0 Å². The number of hydrogen-bond donors (Lipinski definition) is 0. The molecule has 19 heavy (non-hydrogen) atoms. The van der Waals surface area contributed by atoms with Crippen molar-refractivity contribution >= 4 is 27.7 Å². The van der Waals surface area contributed by atoms with Gasteiger partial charge in [-0.1, -0.05) is 15.9 Å². The molecule has 0 saturated carbocycles. The zero-order valence-corrected chi connectivity index (χ0v) is 11.7. The molecule has 0 heterocycles. The van der Waals surface area contributed by atoms with Gasteiger partial charge in [-0.05, 0) is 23.8 Å². The smallest absolute Gasteiger partial charge is 0.310 e. The molecule has 0 radical (unpaired) electrons. The van der Waals surface area contributed by atoms with Gasteiger partial charge in [0.05, 0.1) is 13.5 Å². The van der Waals surface area contributed by atoms with Gasteiger partial charge in [-0.2, -0.15) is 8.78 Å². The van der Waals surface area contributed by atoms with E-state index in [9.17, 15) is 18.4 Å². The number of halogens is 3. The fourth-order valence-electron chi connectivity index (χ4n) is 2.25. The van der Waals surface area contributed by atoms with Crippen LogP contribution in [-0.2, 0) is 9.53 Å². The van der Waals surface area contributed by atoms with Crippen molar-refractivity contribution in [1.29, 1.82) is 0 Å². The third kappa shape index (κ3) is 2.68. The van der Waals surface area contributed by atoms with Gasteiger partial charge in [-0.15, -0.1) is 0 Å². The molecule has 0 N–H and O–H groups in total. The molecule has 0 fully saturated rings. The van der Waals surface area contributed by atoms with Crippen molar-refractivity contribution in [2.24, 2.45) is 0 Å². The lowest BCUT2D eigenvalue weighted by Crippen LogP contribution is -2.37. The second-order valence-corrected chi connectivity index (χ2v) is 5.36. The standard InChI is InChI=1S/C13H11BrF2O3/c1-19-11(17)4-7-6-13(15,16)12(18)9-3-2-8(14)5-10(7)9/h2-3,5,7H,4,6H2,1H3. The third-order valence-electron chi connectivity index (χ3n) is 3.17. The Morgan fingerprint density at radius 1 is 1.53 bits per heavy atom. The molecule has 0 aliphatic heterocycles. The number of rotatable bonds is 2. The zero-order chi connectivity index (χ0) is 14.2. The molecule has 3 nitrogen and oxygen atoms in total. The maximum Gasteiger partial charge on any atom is 0.310 e. The quantitative estimate of drug-likeness (QED) is 0.780. The zero-order valence-electron chi connectivity index (χ0n) is 10.1. The van der Waals surface area contributed by atoms with Crippen molar-refractivity contribution < 1.29 is 23.1 Å². The number of ether oxygens (including phenoxy) is 1. The maximum atomic E-state index is 13.7. The summed E-state index contributed by atoms with van der Waals surface area (Å²) in [4.78, 5) is 23.0. The van der Waals surface area contributed by atoms with Gasteiger partial charge in [0.25, 0.3) is 0 Å². The van der Waals surface area contributed by atoms with Gasteiger partial charge in [0, 0.05) is 22.4 Å². The third-order valence-corrected chi connectivity index (χ3v) is 3.67. The molecule has 1 aliphatic rings. The molecule has 2 rings (SSSR count). The van der Waals surface area contributed by atoms with Crippen LogP contribution in [0, 0.1) is 0 Å². The van der Waals surface area contributed by atoms with Crippen LogP contribution in [0.5, 0.6) is 0 Å². The molecule has 1 unspecified atom stereocenters. The summed E-state index contributed by atoms with van der Waals surface area (Å²) in [6.45, 7) is 0. The SMILES string of the molecule is COC(=O)CC1CC(F)(F)C(=O)c2ccc(Br)cc21. The molecule has 0 aromatic heterocycles. The van der Waals surface area contributed by atoms with E-state index in [1.165, 1.54) is 19.2 Å². The molecular weight excluding hydrogens is 322 g/mol. The number of esters is 1. The number of hydrogen-bond acceptors (Lipinski definition) is 3. The van der Waals surface area contributed by atoms with Gasteiger partial charge in [-0.25, -0.2) is 0 Å². The van der Waals surface area contributed by atoms with Gasteiger partial charge in [-0.3, -0.25) is 9.59 Å². The van der Waals surface area contributed by atoms with Crippen molar-refractivity contribution in [2.75, 3.05) is 7.11 Å². The summed E-state index contributed by atoms with van der Waals surface area (Å²) >= 11 is 3.23. The van der Waals surface area contributed by atoms with Gasteiger partial charge in [0.2, 0.25) is 5.78 Å². The second kappa shape index (κ2) is 5.00. The highest BCUT2D eigenvalue weighted by molar-refractivity contribution is 9.10. The van der Waals surface area contributed by atoms with E-state index >= 15 is 0 Å². The van der Waals surface area contributed by atoms with Crippen LogP contribution in [0.25, 0.3) is 0 Å². The van der Waals surface area contributed by atoms with E-state index in [2.05, 4.69) is 20.7 Å². The number of fused-ring (bicyclic) bond motifs is 1. The molecule has 0 saturated heterocycles. The van der Waals surface area contributed by atoms with Crippen LogP contribution >= 0.6 is 15.9 Å². The number of benzene rings is 1. The average molecular weight is 333 g/mol. The predicted octanol–water partition coefficient (Wildman–Crippen LogP) is 3.32. The summed E-state index contributed by atoms with van der Waals surface area (Å²) in [5, 5.41) is 0. The lowest BCUT2D eigenvalue weighted by atomic mass is 9.78. The van der Waals surface area contributed by atoms with Crippen molar-refractivity contribution in [3.63, 3.8) is 0 Å². The molecule has 0 bridgehead atoms. The van der Waals surface area contributed by atoms with Crippen LogP contribution in [0.1, 0.15) is 34.7 Å². The van der Waals surface area contributed by atoms with Crippen LogP contribution < -0.4 is 0 Å². The minimum atomic E-state index is -3.43. The van der Waals surface area contributed by atoms with E-state index in [0.29, 0.717) is 10.0 Å². The van der Waals surface area contributed by atoms with Crippen molar-refractivity contribution in [1.82, 2.24) is 0 Å². The summed E-state index contributed by atoms with van der Waals surface area (Å²) in [6.07, 6.45) is -0.826. The lowest BCUT2D eigenvalue weighted by molar-refractivity contribution is -0.141. The van der Waals surface area contributed by atoms with E-state index in [1.807, 2.05) is 0 Å². The summed E-state index contributed by atoms with van der Waals surface area (Å²) in [7, 11) is 1.20. The Bertz CT molecular complexity index is 543. The first-order valence-corrected chi connectivity index (χ1v) is 6.43. The molecular formula is C13H11BrF2O3. The molecule has 1 aliphatic carbocycles. The first-order chi connectivity index (χ1) is 8.85. The monoisotopic (exact) mass is 332 g/mol. The van der Waals surface area contributed by atoms with Crippen LogP contribution in [0.3, 0.4) is 0 Å². The molecule has 102 valence electrons. The van der Waals surface area contributed by atoms with E-state index in [-0.39, 0.29) is 12.0 Å². The highest BCUT2D eigenvalue weighted by Gasteiger charge is 2.47. The minimum Gasteiger partial charge on any atom is -0.469 e. The number of carbonyl (C=O) groups excluding carboxylic acids is 2. The number of ketones is 1. The fraction of sp³-hybridized carbons (Fsp3) is 0.385. The van der Waals surface area contributed by atoms with Crippen LogP contribution in [0.15, 0.2) is 22.7 Å². The number of Topliss-reactive ketones (excluding diaryl/α,β-unsaturated/α-hetero) is 1. The van der Waals surface area contributed by atoms with Gasteiger partial charge in [0.1, 0.15) is 0 Å². The Balaban J connectivity index is 2.46. The van der Waals surface area contributed by atoms with Crippen LogP contribution in [0.4, 0.5) is 8.78 Å². The first kappa shape index (κ1) is 14.1. The number of methoxy groups -OCH3 is 1. The van der Waals surface area contributed by atoms with Crippen LogP contribution in [-0.4, -0.2) is 24.8 Å². The predicted molar refractivity (Wildman–Crippen MR) is 67.4 cm³/mol. The van der Waals surface area contributed by atoms with Crippen molar-refractivity contribution in [3.05, 3.63) is 33.8 Å². The Labute approximate surface area is 117 Å². The largest absolute Gasteiger partial charge is 0.469 e. The molecule has 0 amide bonds. The molecule has 6 heteroatoms. The average Bonchev–Trinajstić information content (AvgIpc) is 2.35. The number of alkyl halides is 2. The van der Waals surface area contributed by atoms with Gasteiger partial charge >= 0.3 is 11.9 Å². The Kier molecular flexibility index (Phi) is 3.71. The highest BCUT2D eigenvalue weighted by Crippen LogP contribution is 2.42.